The molecule has 0 aliphatic carbocycles. The molecule has 1 amide bonds. The molecule has 0 saturated heterocycles. The second kappa shape index (κ2) is 7.43. The van der Waals surface area contributed by atoms with Gasteiger partial charge < -0.3 is 10.6 Å². The molecule has 0 atom stereocenters. The molecule has 0 aliphatic heterocycles. The SMILES string of the molecule is CCNc1ccc(Cl)cc1C(=O)NCc1ncc(CC)s1. The average Bonchev–Trinajstić information content (AvgIpc) is 2.95. The highest BCUT2D eigenvalue weighted by atomic mass is 35.5. The third-order valence-electron chi connectivity index (χ3n) is 2.94. The summed E-state index contributed by atoms with van der Waals surface area (Å²) in [7, 11) is 0. The zero-order valence-corrected chi connectivity index (χ0v) is 13.6. The van der Waals surface area contributed by atoms with E-state index in [9.17, 15) is 4.79 Å². The highest BCUT2D eigenvalue weighted by Gasteiger charge is 2.12. The number of rotatable bonds is 6. The van der Waals surface area contributed by atoms with Crippen LogP contribution in [0.3, 0.4) is 0 Å². The Bertz CT molecular complexity index is 627. The minimum atomic E-state index is -0.151. The van der Waals surface area contributed by atoms with Crippen LogP contribution in [-0.2, 0) is 13.0 Å². The molecule has 2 rings (SSSR count). The van der Waals surface area contributed by atoms with Crippen LogP contribution in [0.5, 0.6) is 0 Å². The van der Waals surface area contributed by atoms with E-state index >= 15 is 0 Å². The van der Waals surface area contributed by atoms with E-state index in [0.29, 0.717) is 17.1 Å². The average molecular weight is 324 g/mol. The zero-order valence-electron chi connectivity index (χ0n) is 12.1. The van der Waals surface area contributed by atoms with Crippen molar-refractivity contribution in [2.24, 2.45) is 0 Å². The van der Waals surface area contributed by atoms with E-state index < -0.39 is 0 Å². The van der Waals surface area contributed by atoms with Gasteiger partial charge in [-0.15, -0.1) is 11.3 Å². The molecule has 0 radical (unpaired) electrons. The van der Waals surface area contributed by atoms with Gasteiger partial charge in [-0.3, -0.25) is 4.79 Å². The van der Waals surface area contributed by atoms with Gasteiger partial charge >= 0.3 is 0 Å². The molecule has 112 valence electrons. The van der Waals surface area contributed by atoms with Crippen LogP contribution in [0, 0.1) is 0 Å². The van der Waals surface area contributed by atoms with Crippen LogP contribution < -0.4 is 10.6 Å². The summed E-state index contributed by atoms with van der Waals surface area (Å²) in [6.07, 6.45) is 2.82. The predicted octanol–water partition coefficient (Wildman–Crippen LogP) is 3.72. The molecule has 1 heterocycles. The van der Waals surface area contributed by atoms with Crippen molar-refractivity contribution in [3.05, 3.63) is 44.9 Å². The molecule has 0 unspecified atom stereocenters. The van der Waals surface area contributed by atoms with E-state index in [4.69, 9.17) is 11.6 Å². The fourth-order valence-corrected chi connectivity index (χ4v) is 2.87. The molecule has 2 aromatic rings. The Labute approximate surface area is 133 Å². The molecule has 4 nitrogen and oxygen atoms in total. The quantitative estimate of drug-likeness (QED) is 0.852. The third-order valence-corrected chi connectivity index (χ3v) is 4.32. The Hall–Kier alpha value is -1.59. The first kappa shape index (κ1) is 15.8. The number of aryl methyl sites for hydroxylation is 1. The number of amides is 1. The van der Waals surface area contributed by atoms with E-state index in [1.807, 2.05) is 19.2 Å². The minimum Gasteiger partial charge on any atom is -0.385 e. The van der Waals surface area contributed by atoms with Crippen LogP contribution in [0.25, 0.3) is 0 Å². The number of aromatic nitrogens is 1. The fraction of sp³-hybridized carbons (Fsp3) is 0.333. The lowest BCUT2D eigenvalue weighted by Gasteiger charge is -2.11. The molecule has 0 spiro atoms. The van der Waals surface area contributed by atoms with Crippen LogP contribution >= 0.6 is 22.9 Å². The number of nitrogens with zero attached hydrogens (tertiary/aromatic N) is 1. The predicted molar refractivity (Wildman–Crippen MR) is 88.3 cm³/mol. The van der Waals surface area contributed by atoms with Gasteiger partial charge in [0.05, 0.1) is 12.1 Å². The van der Waals surface area contributed by atoms with Gasteiger partial charge in [0.1, 0.15) is 5.01 Å². The molecular formula is C15H18ClN3OS. The van der Waals surface area contributed by atoms with E-state index in [1.54, 1.807) is 23.5 Å². The number of hydrogen-bond donors (Lipinski definition) is 2. The Morgan fingerprint density at radius 2 is 2.19 bits per heavy atom. The van der Waals surface area contributed by atoms with E-state index in [0.717, 1.165) is 23.7 Å². The van der Waals surface area contributed by atoms with E-state index in [-0.39, 0.29) is 5.91 Å². The summed E-state index contributed by atoms with van der Waals surface area (Å²) in [6, 6.07) is 5.26. The van der Waals surface area contributed by atoms with Gasteiger partial charge in [-0.1, -0.05) is 18.5 Å². The largest absolute Gasteiger partial charge is 0.385 e. The summed E-state index contributed by atoms with van der Waals surface area (Å²) in [5.41, 5.74) is 1.34. The van der Waals surface area contributed by atoms with Crippen LogP contribution in [-0.4, -0.2) is 17.4 Å². The fourth-order valence-electron chi connectivity index (χ4n) is 1.89. The molecular weight excluding hydrogens is 306 g/mol. The first-order valence-corrected chi connectivity index (χ1v) is 8.08. The highest BCUT2D eigenvalue weighted by molar-refractivity contribution is 7.11. The van der Waals surface area contributed by atoms with E-state index in [2.05, 4.69) is 22.5 Å². The van der Waals surface area contributed by atoms with Gasteiger partial charge in [-0.25, -0.2) is 4.98 Å². The smallest absolute Gasteiger partial charge is 0.253 e. The first-order valence-electron chi connectivity index (χ1n) is 6.89. The lowest BCUT2D eigenvalue weighted by Crippen LogP contribution is -2.24. The van der Waals surface area contributed by atoms with Crippen molar-refractivity contribution in [2.75, 3.05) is 11.9 Å². The number of thiazole rings is 1. The molecule has 6 heteroatoms. The topological polar surface area (TPSA) is 54.0 Å². The number of hydrogen-bond acceptors (Lipinski definition) is 4. The zero-order chi connectivity index (χ0) is 15.2. The second-order valence-corrected chi connectivity index (χ2v) is 6.11. The van der Waals surface area contributed by atoms with Gasteiger partial charge in [-0.05, 0) is 31.5 Å². The van der Waals surface area contributed by atoms with Crippen molar-refractivity contribution in [3.63, 3.8) is 0 Å². The number of carbonyl (C=O) groups is 1. The van der Waals surface area contributed by atoms with Gasteiger partial charge in [0, 0.05) is 28.3 Å². The lowest BCUT2D eigenvalue weighted by molar-refractivity contribution is 0.0951. The Kier molecular flexibility index (Phi) is 5.59. The van der Waals surface area contributed by atoms with E-state index in [1.165, 1.54) is 4.88 Å². The van der Waals surface area contributed by atoms with Crippen molar-refractivity contribution in [1.82, 2.24) is 10.3 Å². The molecule has 2 N–H and O–H groups in total. The summed E-state index contributed by atoms with van der Waals surface area (Å²) in [5, 5.41) is 7.51. The van der Waals surface area contributed by atoms with Crippen LogP contribution in [0.4, 0.5) is 5.69 Å². The van der Waals surface area contributed by atoms with Crippen LogP contribution in [0.15, 0.2) is 24.4 Å². The minimum absolute atomic E-state index is 0.151. The molecule has 0 saturated carbocycles. The monoisotopic (exact) mass is 323 g/mol. The van der Waals surface area contributed by atoms with Crippen molar-refractivity contribution in [1.29, 1.82) is 0 Å². The highest BCUT2D eigenvalue weighted by Crippen LogP contribution is 2.21. The maximum atomic E-state index is 12.3. The Balaban J connectivity index is 2.07. The molecule has 0 aliphatic rings. The second-order valence-electron chi connectivity index (χ2n) is 4.48. The van der Waals surface area contributed by atoms with Crippen molar-refractivity contribution >= 4 is 34.5 Å². The molecule has 21 heavy (non-hydrogen) atoms. The van der Waals surface area contributed by atoms with Crippen LogP contribution in [0.2, 0.25) is 5.02 Å². The number of halogens is 1. The standard InChI is InChI=1S/C15H18ClN3OS/c1-3-11-8-18-14(21-11)9-19-15(20)12-7-10(16)5-6-13(12)17-4-2/h5-8,17H,3-4,9H2,1-2H3,(H,19,20). The van der Waals surface area contributed by atoms with Gasteiger partial charge in [0.15, 0.2) is 0 Å². The van der Waals surface area contributed by atoms with Gasteiger partial charge in [0.25, 0.3) is 5.91 Å². The van der Waals surface area contributed by atoms with Crippen molar-refractivity contribution < 1.29 is 4.79 Å². The maximum absolute atomic E-state index is 12.3. The summed E-state index contributed by atoms with van der Waals surface area (Å²) in [5.74, 6) is -0.151. The number of carbonyl (C=O) groups excluding carboxylic acids is 1. The van der Waals surface area contributed by atoms with Crippen molar-refractivity contribution in [2.45, 2.75) is 26.8 Å². The van der Waals surface area contributed by atoms with Gasteiger partial charge in [0.2, 0.25) is 0 Å². The van der Waals surface area contributed by atoms with Gasteiger partial charge in [-0.2, -0.15) is 0 Å². The maximum Gasteiger partial charge on any atom is 0.253 e. The Morgan fingerprint density at radius 3 is 2.86 bits per heavy atom. The Morgan fingerprint density at radius 1 is 1.38 bits per heavy atom. The first-order chi connectivity index (χ1) is 10.1. The summed E-state index contributed by atoms with van der Waals surface area (Å²) in [4.78, 5) is 17.8. The summed E-state index contributed by atoms with van der Waals surface area (Å²) >= 11 is 7.60. The molecule has 1 aromatic heterocycles. The summed E-state index contributed by atoms with van der Waals surface area (Å²) < 4.78 is 0. The number of benzene rings is 1. The molecule has 0 bridgehead atoms. The molecule has 0 fully saturated rings. The van der Waals surface area contributed by atoms with Crippen molar-refractivity contribution in [3.8, 4) is 0 Å². The number of nitrogens with one attached hydrogen (secondary N) is 2. The van der Waals surface area contributed by atoms with Crippen LogP contribution in [0.1, 0.15) is 34.1 Å². The third kappa shape index (κ3) is 4.19. The molecule has 1 aromatic carbocycles. The lowest BCUT2D eigenvalue weighted by atomic mass is 10.1. The summed E-state index contributed by atoms with van der Waals surface area (Å²) in [6.45, 7) is 5.25. The number of anilines is 1. The normalized spacial score (nSPS) is 10.4.